The molecule has 2 amide bonds. The van der Waals surface area contributed by atoms with Crippen LogP contribution in [-0.2, 0) is 11.2 Å². The summed E-state index contributed by atoms with van der Waals surface area (Å²) in [5, 5.41) is 20.7. The van der Waals surface area contributed by atoms with Crippen molar-refractivity contribution in [1.29, 1.82) is 0 Å². The first-order chi connectivity index (χ1) is 10.0. The fourth-order valence-electron chi connectivity index (χ4n) is 1.83. The van der Waals surface area contributed by atoms with E-state index in [0.717, 1.165) is 5.56 Å². The van der Waals surface area contributed by atoms with E-state index in [1.54, 1.807) is 36.7 Å². The maximum Gasteiger partial charge on any atom is 0.319 e. The van der Waals surface area contributed by atoms with Crippen LogP contribution in [0.1, 0.15) is 24.1 Å². The molecule has 1 aromatic heterocycles. The lowest BCUT2D eigenvalue weighted by Crippen LogP contribution is -2.30. The molecule has 0 radical (unpaired) electrons. The molecule has 7 heteroatoms. The number of nitrogens with zero attached hydrogens (tertiary/aromatic N) is 1. The number of benzene rings is 1. The topological polar surface area (TPSA) is 107 Å². The minimum absolute atomic E-state index is 0.0377. The van der Waals surface area contributed by atoms with Crippen molar-refractivity contribution >= 4 is 17.7 Å². The number of amides is 2. The van der Waals surface area contributed by atoms with Crippen LogP contribution in [0.5, 0.6) is 0 Å². The molecule has 110 valence electrons. The zero-order valence-electron chi connectivity index (χ0n) is 11.5. The van der Waals surface area contributed by atoms with Crippen LogP contribution >= 0.6 is 0 Å². The maximum atomic E-state index is 11.8. The number of rotatable bonds is 5. The molecule has 4 N–H and O–H groups in total. The molecule has 0 aliphatic heterocycles. The SMILES string of the molecule is CC(NC(=O)Nc1ccc(CC(=O)O)cc1)c1cn[nH]c1. The number of carbonyl (C=O) groups is 2. The Morgan fingerprint density at radius 2 is 2.05 bits per heavy atom. The number of urea groups is 1. The van der Waals surface area contributed by atoms with Gasteiger partial charge in [-0.2, -0.15) is 5.10 Å². The van der Waals surface area contributed by atoms with Crippen LogP contribution in [0.25, 0.3) is 0 Å². The molecule has 0 saturated carbocycles. The molecular formula is C14H16N4O3. The highest BCUT2D eigenvalue weighted by molar-refractivity contribution is 5.89. The summed E-state index contributed by atoms with van der Waals surface area (Å²) in [6.07, 6.45) is 3.32. The van der Waals surface area contributed by atoms with Gasteiger partial charge in [0.15, 0.2) is 0 Å². The number of hydrogen-bond donors (Lipinski definition) is 4. The molecule has 21 heavy (non-hydrogen) atoms. The van der Waals surface area contributed by atoms with Crippen LogP contribution in [0.2, 0.25) is 0 Å². The minimum atomic E-state index is -0.887. The summed E-state index contributed by atoms with van der Waals surface area (Å²) in [4.78, 5) is 22.4. The van der Waals surface area contributed by atoms with Crippen LogP contribution in [-0.4, -0.2) is 27.3 Å². The average molecular weight is 288 g/mol. The zero-order valence-corrected chi connectivity index (χ0v) is 11.5. The third-order valence-electron chi connectivity index (χ3n) is 2.93. The van der Waals surface area contributed by atoms with Gasteiger partial charge in [0.2, 0.25) is 0 Å². The van der Waals surface area contributed by atoms with Gasteiger partial charge in [0, 0.05) is 17.4 Å². The number of carboxylic acid groups (broad SMARTS) is 1. The smallest absolute Gasteiger partial charge is 0.319 e. The summed E-state index contributed by atoms with van der Waals surface area (Å²) in [5.41, 5.74) is 2.16. The first kappa shape index (κ1) is 14.6. The van der Waals surface area contributed by atoms with Gasteiger partial charge >= 0.3 is 12.0 Å². The standard InChI is InChI=1S/C14H16N4O3/c1-9(11-7-15-16-8-11)17-14(21)18-12-4-2-10(3-5-12)6-13(19)20/h2-5,7-9H,6H2,1H3,(H,15,16)(H,19,20)(H2,17,18,21). The number of nitrogens with one attached hydrogen (secondary N) is 3. The Morgan fingerprint density at radius 3 is 2.62 bits per heavy atom. The van der Waals surface area contributed by atoms with Crippen LogP contribution in [0, 0.1) is 0 Å². The molecule has 7 nitrogen and oxygen atoms in total. The second kappa shape index (κ2) is 6.56. The van der Waals surface area contributed by atoms with Gasteiger partial charge in [-0.1, -0.05) is 12.1 Å². The number of aromatic amines is 1. The fraction of sp³-hybridized carbons (Fsp3) is 0.214. The lowest BCUT2D eigenvalue weighted by Gasteiger charge is -2.13. The first-order valence-electron chi connectivity index (χ1n) is 6.41. The molecule has 0 bridgehead atoms. The number of aromatic nitrogens is 2. The monoisotopic (exact) mass is 288 g/mol. The van der Waals surface area contributed by atoms with Crippen molar-refractivity contribution in [1.82, 2.24) is 15.5 Å². The lowest BCUT2D eigenvalue weighted by molar-refractivity contribution is -0.136. The Hall–Kier alpha value is -2.83. The van der Waals surface area contributed by atoms with Crippen molar-refractivity contribution in [3.63, 3.8) is 0 Å². The third-order valence-corrected chi connectivity index (χ3v) is 2.93. The Labute approximate surface area is 121 Å². The van der Waals surface area contributed by atoms with Gasteiger partial charge in [-0.05, 0) is 24.6 Å². The van der Waals surface area contributed by atoms with Crippen LogP contribution in [0.4, 0.5) is 10.5 Å². The average Bonchev–Trinajstić information content (AvgIpc) is 2.94. The first-order valence-corrected chi connectivity index (χ1v) is 6.41. The third kappa shape index (κ3) is 4.34. The van der Waals surface area contributed by atoms with Crippen LogP contribution in [0.3, 0.4) is 0 Å². The molecule has 2 aromatic rings. The predicted octanol–water partition coefficient (Wildman–Crippen LogP) is 1.92. The van der Waals surface area contributed by atoms with Gasteiger partial charge in [0.05, 0.1) is 18.7 Å². The Kier molecular flexibility index (Phi) is 4.55. The number of anilines is 1. The number of aliphatic carboxylic acids is 1. The molecule has 0 aliphatic carbocycles. The molecule has 1 unspecified atom stereocenters. The highest BCUT2D eigenvalue weighted by Gasteiger charge is 2.10. The summed E-state index contributed by atoms with van der Waals surface area (Å²) in [6, 6.07) is 6.16. The van der Waals surface area contributed by atoms with Crippen molar-refractivity contribution in [3.8, 4) is 0 Å². The van der Waals surface area contributed by atoms with E-state index < -0.39 is 5.97 Å². The molecule has 0 aliphatic rings. The van der Waals surface area contributed by atoms with E-state index in [-0.39, 0.29) is 18.5 Å². The highest BCUT2D eigenvalue weighted by atomic mass is 16.4. The fourth-order valence-corrected chi connectivity index (χ4v) is 1.83. The van der Waals surface area contributed by atoms with Crippen molar-refractivity contribution in [3.05, 3.63) is 47.8 Å². The van der Waals surface area contributed by atoms with Crippen LogP contribution in [0.15, 0.2) is 36.7 Å². The Balaban J connectivity index is 1.89. The van der Waals surface area contributed by atoms with Crippen molar-refractivity contribution < 1.29 is 14.7 Å². The van der Waals surface area contributed by atoms with Gasteiger partial charge in [0.25, 0.3) is 0 Å². The summed E-state index contributed by atoms with van der Waals surface area (Å²) < 4.78 is 0. The van der Waals surface area contributed by atoms with E-state index in [1.165, 1.54) is 0 Å². The van der Waals surface area contributed by atoms with Gasteiger partial charge in [0.1, 0.15) is 0 Å². The quantitative estimate of drug-likeness (QED) is 0.674. The Bertz CT molecular complexity index is 608. The minimum Gasteiger partial charge on any atom is -0.481 e. The number of carboxylic acids is 1. The predicted molar refractivity (Wildman–Crippen MR) is 76.9 cm³/mol. The Morgan fingerprint density at radius 1 is 1.33 bits per heavy atom. The van der Waals surface area contributed by atoms with Gasteiger partial charge < -0.3 is 15.7 Å². The summed E-state index contributed by atoms with van der Waals surface area (Å²) >= 11 is 0. The van der Waals surface area contributed by atoms with Gasteiger partial charge in [-0.25, -0.2) is 4.79 Å². The normalized spacial score (nSPS) is 11.7. The van der Waals surface area contributed by atoms with E-state index in [1.807, 2.05) is 6.92 Å². The second-order valence-corrected chi connectivity index (χ2v) is 4.62. The molecule has 1 aromatic carbocycles. The largest absolute Gasteiger partial charge is 0.481 e. The maximum absolute atomic E-state index is 11.8. The van der Waals surface area contributed by atoms with E-state index >= 15 is 0 Å². The molecule has 1 heterocycles. The van der Waals surface area contributed by atoms with E-state index in [0.29, 0.717) is 11.3 Å². The zero-order chi connectivity index (χ0) is 15.2. The number of carbonyl (C=O) groups excluding carboxylic acids is 1. The summed E-state index contributed by atoms with van der Waals surface area (Å²) in [5.74, 6) is -0.887. The molecular weight excluding hydrogens is 272 g/mol. The molecule has 1 atom stereocenters. The van der Waals surface area contributed by atoms with E-state index in [9.17, 15) is 9.59 Å². The second-order valence-electron chi connectivity index (χ2n) is 4.62. The molecule has 0 spiro atoms. The van der Waals surface area contributed by atoms with Crippen LogP contribution < -0.4 is 10.6 Å². The summed E-state index contributed by atoms with van der Waals surface area (Å²) in [7, 11) is 0. The molecule has 0 saturated heterocycles. The molecule has 0 fully saturated rings. The summed E-state index contributed by atoms with van der Waals surface area (Å²) in [6.45, 7) is 1.85. The lowest BCUT2D eigenvalue weighted by atomic mass is 10.1. The van der Waals surface area contributed by atoms with Gasteiger partial charge in [-0.3, -0.25) is 9.89 Å². The van der Waals surface area contributed by atoms with Crippen molar-refractivity contribution in [2.75, 3.05) is 5.32 Å². The van der Waals surface area contributed by atoms with Crippen molar-refractivity contribution in [2.24, 2.45) is 0 Å². The number of H-pyrrole nitrogens is 1. The number of hydrogen-bond acceptors (Lipinski definition) is 3. The van der Waals surface area contributed by atoms with E-state index in [2.05, 4.69) is 20.8 Å². The van der Waals surface area contributed by atoms with Gasteiger partial charge in [-0.15, -0.1) is 0 Å². The molecule has 2 rings (SSSR count). The van der Waals surface area contributed by atoms with Crippen molar-refractivity contribution in [2.45, 2.75) is 19.4 Å². The highest BCUT2D eigenvalue weighted by Crippen LogP contribution is 2.12. The van der Waals surface area contributed by atoms with E-state index in [4.69, 9.17) is 5.11 Å².